The molecule has 120 valence electrons. The predicted molar refractivity (Wildman–Crippen MR) is 87.2 cm³/mol. The molecular weight excluding hydrogens is 288 g/mol. The van der Waals surface area contributed by atoms with Crippen LogP contribution in [0.5, 0.6) is 11.5 Å². The Morgan fingerprint density at radius 1 is 1.30 bits per heavy atom. The van der Waals surface area contributed by atoms with Crippen molar-refractivity contribution in [3.8, 4) is 23.3 Å². The van der Waals surface area contributed by atoms with Gasteiger partial charge >= 0.3 is 0 Å². The number of aromatic hydroxyl groups is 2. The van der Waals surface area contributed by atoms with Crippen LogP contribution in [-0.4, -0.2) is 16.0 Å². The molecule has 0 bridgehead atoms. The van der Waals surface area contributed by atoms with Crippen molar-refractivity contribution in [3.05, 3.63) is 23.3 Å². The summed E-state index contributed by atoms with van der Waals surface area (Å²) in [6.07, 6.45) is 4.34. The van der Waals surface area contributed by atoms with Crippen molar-refractivity contribution in [3.63, 3.8) is 0 Å². The highest BCUT2D eigenvalue weighted by Crippen LogP contribution is 2.89. The molecular formula is C20H22O3. The van der Waals surface area contributed by atoms with Crippen LogP contribution in [0, 0.1) is 29.1 Å². The molecule has 3 nitrogen and oxygen atoms in total. The number of hydrogen-bond acceptors (Lipinski definition) is 3. The van der Waals surface area contributed by atoms with Crippen LogP contribution in [0.15, 0.2) is 12.1 Å². The van der Waals surface area contributed by atoms with Gasteiger partial charge in [0.2, 0.25) is 0 Å². The Morgan fingerprint density at radius 3 is 2.52 bits per heavy atom. The summed E-state index contributed by atoms with van der Waals surface area (Å²) < 4.78 is 0. The number of carbonyl (C=O) groups excluding carboxylic acids is 1. The molecule has 3 aliphatic carbocycles. The molecule has 0 radical (unpaired) electrons. The number of benzene rings is 1. The van der Waals surface area contributed by atoms with Gasteiger partial charge < -0.3 is 10.2 Å². The van der Waals surface area contributed by atoms with Crippen LogP contribution in [0.3, 0.4) is 0 Å². The van der Waals surface area contributed by atoms with Gasteiger partial charge in [-0.3, -0.25) is 4.79 Å². The maximum Gasteiger partial charge on any atom is 0.137 e. The van der Waals surface area contributed by atoms with E-state index < -0.39 is 0 Å². The van der Waals surface area contributed by atoms with Crippen LogP contribution in [-0.2, 0) is 10.2 Å². The third-order valence-electron chi connectivity index (χ3n) is 6.66. The smallest absolute Gasteiger partial charge is 0.137 e. The second-order valence-corrected chi connectivity index (χ2v) is 7.53. The van der Waals surface area contributed by atoms with Gasteiger partial charge in [-0.1, -0.05) is 32.1 Å². The van der Waals surface area contributed by atoms with E-state index in [1.807, 2.05) is 0 Å². The molecule has 2 N–H and O–H groups in total. The summed E-state index contributed by atoms with van der Waals surface area (Å²) in [5, 5.41) is 21.1. The highest BCUT2D eigenvalue weighted by Gasteiger charge is 2.89. The molecule has 4 atom stereocenters. The van der Waals surface area contributed by atoms with Gasteiger partial charge in [-0.15, -0.1) is 0 Å². The quantitative estimate of drug-likeness (QED) is 0.663. The Morgan fingerprint density at radius 2 is 2.00 bits per heavy atom. The van der Waals surface area contributed by atoms with Crippen LogP contribution >= 0.6 is 0 Å². The van der Waals surface area contributed by atoms with Crippen LogP contribution in [0.1, 0.15) is 57.1 Å². The monoisotopic (exact) mass is 310 g/mol. The molecule has 1 aromatic rings. The number of ketones is 1. The fraction of sp³-hybridized carbons (Fsp3) is 0.550. The molecule has 0 spiro atoms. The Bertz CT molecular complexity index is 746. The molecule has 0 aromatic heterocycles. The van der Waals surface area contributed by atoms with E-state index >= 15 is 0 Å². The van der Waals surface area contributed by atoms with Gasteiger partial charge in [0.05, 0.1) is 0 Å². The minimum Gasteiger partial charge on any atom is -0.507 e. The lowest BCUT2D eigenvalue weighted by molar-refractivity contribution is -0.126. The summed E-state index contributed by atoms with van der Waals surface area (Å²) in [7, 11) is 0. The van der Waals surface area contributed by atoms with Crippen LogP contribution < -0.4 is 0 Å². The minimum absolute atomic E-state index is 0.0482. The zero-order valence-electron chi connectivity index (χ0n) is 13.6. The van der Waals surface area contributed by atoms with Crippen molar-refractivity contribution >= 4 is 5.78 Å². The lowest BCUT2D eigenvalue weighted by Gasteiger charge is -2.29. The van der Waals surface area contributed by atoms with Crippen molar-refractivity contribution in [1.82, 2.24) is 0 Å². The van der Waals surface area contributed by atoms with Crippen molar-refractivity contribution in [2.24, 2.45) is 17.3 Å². The first-order valence-corrected chi connectivity index (χ1v) is 8.55. The van der Waals surface area contributed by atoms with Gasteiger partial charge in [0.15, 0.2) is 0 Å². The fourth-order valence-electron chi connectivity index (χ4n) is 5.42. The maximum atomic E-state index is 12.1. The van der Waals surface area contributed by atoms with Crippen molar-refractivity contribution in [2.45, 2.75) is 51.4 Å². The first-order valence-electron chi connectivity index (χ1n) is 8.55. The number of hydrogen-bond donors (Lipinski definition) is 2. The second kappa shape index (κ2) is 4.54. The number of phenols is 2. The number of carbonyl (C=O) groups is 1. The summed E-state index contributed by atoms with van der Waals surface area (Å²) in [4.78, 5) is 12.1. The van der Waals surface area contributed by atoms with Crippen molar-refractivity contribution < 1.29 is 15.0 Å². The summed E-state index contributed by atoms with van der Waals surface area (Å²) in [5.41, 5.74) is 0.831. The number of rotatable bonds is 3. The topological polar surface area (TPSA) is 57.5 Å². The van der Waals surface area contributed by atoms with E-state index in [4.69, 9.17) is 0 Å². The summed E-state index contributed by atoms with van der Waals surface area (Å²) >= 11 is 0. The molecule has 3 fully saturated rings. The molecule has 3 aliphatic rings. The molecule has 1 aromatic carbocycles. The average molecular weight is 310 g/mol. The first-order chi connectivity index (χ1) is 11.0. The summed E-state index contributed by atoms with van der Waals surface area (Å²) in [5.74, 6) is 7.10. The van der Waals surface area contributed by atoms with E-state index in [2.05, 4.69) is 25.7 Å². The molecule has 3 saturated carbocycles. The first kappa shape index (κ1) is 14.6. The van der Waals surface area contributed by atoms with E-state index in [0.29, 0.717) is 23.5 Å². The highest BCUT2D eigenvalue weighted by molar-refractivity contribution is 5.93. The predicted octanol–water partition coefficient (Wildman–Crippen LogP) is 3.51. The van der Waals surface area contributed by atoms with Gasteiger partial charge in [0, 0.05) is 35.3 Å². The van der Waals surface area contributed by atoms with E-state index in [0.717, 1.165) is 25.7 Å². The molecule has 23 heavy (non-hydrogen) atoms. The third-order valence-corrected chi connectivity index (χ3v) is 6.66. The Hall–Kier alpha value is -1.95. The molecule has 1 unspecified atom stereocenters. The van der Waals surface area contributed by atoms with E-state index in [1.54, 1.807) is 12.1 Å². The normalized spacial score (nSPS) is 36.0. The van der Waals surface area contributed by atoms with E-state index in [1.165, 1.54) is 0 Å². The highest BCUT2D eigenvalue weighted by atomic mass is 16.3. The largest absolute Gasteiger partial charge is 0.507 e. The second-order valence-electron chi connectivity index (χ2n) is 7.53. The molecule has 3 heteroatoms. The number of Topliss-reactive ketones (excluding diaryl/α,β-unsaturated/α-hetero) is 1. The minimum atomic E-state index is -0.336. The molecule has 0 saturated heterocycles. The average Bonchev–Trinajstić information content (AvgIpc) is 2.78. The number of fused-ring (bicyclic) bond motifs is 1. The molecule has 0 amide bonds. The third kappa shape index (κ3) is 1.59. The van der Waals surface area contributed by atoms with Gasteiger partial charge in [-0.25, -0.2) is 0 Å². The van der Waals surface area contributed by atoms with Crippen LogP contribution in [0.2, 0.25) is 0 Å². The SMILES string of the molecule is CCCCC#Cc1cc(O)c([C@@]23CC(=O)[C@@H]4C[C@H]2C43C)c(O)c1. The van der Waals surface area contributed by atoms with Gasteiger partial charge in [0.1, 0.15) is 17.3 Å². The zero-order valence-corrected chi connectivity index (χ0v) is 13.6. The van der Waals surface area contributed by atoms with Crippen LogP contribution in [0.25, 0.3) is 0 Å². The number of phenolic OH excluding ortho intramolecular Hbond substituents is 2. The maximum absolute atomic E-state index is 12.1. The lowest BCUT2D eigenvalue weighted by Crippen LogP contribution is -2.31. The Balaban J connectivity index is 1.69. The fourth-order valence-corrected chi connectivity index (χ4v) is 5.42. The van der Waals surface area contributed by atoms with E-state index in [-0.39, 0.29) is 34.0 Å². The van der Waals surface area contributed by atoms with Gasteiger partial charge in [-0.2, -0.15) is 0 Å². The Kier molecular flexibility index (Phi) is 2.89. The van der Waals surface area contributed by atoms with Crippen molar-refractivity contribution in [1.29, 1.82) is 0 Å². The Labute approximate surface area is 136 Å². The summed E-state index contributed by atoms with van der Waals surface area (Å²) in [6.45, 7) is 4.25. The summed E-state index contributed by atoms with van der Waals surface area (Å²) in [6, 6.07) is 3.28. The molecule has 0 heterocycles. The van der Waals surface area contributed by atoms with Crippen LogP contribution in [0.4, 0.5) is 0 Å². The molecule has 0 aliphatic heterocycles. The zero-order chi connectivity index (χ0) is 16.4. The number of unbranched alkanes of at least 4 members (excludes halogenated alkanes) is 2. The standard InChI is InChI=1S/C20H22O3/c1-3-4-5-6-7-12-8-14(21)18(15(22)9-12)20-11-16(23)13-10-17(20)19(13,20)2/h8-9,13,17,21-22H,3-5,10-11H2,1-2H3/t13-,17-,19?,20+/m0/s1. The van der Waals surface area contributed by atoms with E-state index in [9.17, 15) is 15.0 Å². The van der Waals surface area contributed by atoms with Gasteiger partial charge in [-0.05, 0) is 36.3 Å². The molecule has 4 rings (SSSR count). The van der Waals surface area contributed by atoms with Crippen molar-refractivity contribution in [2.75, 3.05) is 0 Å². The van der Waals surface area contributed by atoms with Gasteiger partial charge in [0.25, 0.3) is 0 Å². The lowest BCUT2D eigenvalue weighted by atomic mass is 9.73.